The van der Waals surface area contributed by atoms with Crippen molar-refractivity contribution >= 4 is 57.8 Å². The minimum absolute atomic E-state index is 0. The molecule has 0 aromatic rings. The molecule has 8 heteroatoms. The van der Waals surface area contributed by atoms with E-state index in [-0.39, 0.29) is 78.2 Å². The second-order valence-electron chi connectivity index (χ2n) is 12.8. The fourth-order valence-corrected chi connectivity index (χ4v) is 20.1. The van der Waals surface area contributed by atoms with Gasteiger partial charge in [-0.1, -0.05) is 6.92 Å². The summed E-state index contributed by atoms with van der Waals surface area (Å²) >= 11 is 4.39. The van der Waals surface area contributed by atoms with Crippen LogP contribution in [0.25, 0.3) is 0 Å². The van der Waals surface area contributed by atoms with E-state index in [0.29, 0.717) is 0 Å². The Hall–Kier alpha value is 3.41. The second kappa shape index (κ2) is 31.8. The average molecular weight is 740 g/mol. The Labute approximate surface area is 282 Å². The minimum atomic E-state index is -0.114. The van der Waals surface area contributed by atoms with Crippen molar-refractivity contribution in [3.05, 3.63) is 0 Å². The van der Waals surface area contributed by atoms with Crippen LogP contribution in [0.1, 0.15) is 118 Å². The van der Waals surface area contributed by atoms with E-state index < -0.39 is 0 Å². The van der Waals surface area contributed by atoms with Crippen LogP contribution in [0.5, 0.6) is 0 Å². The maximum atomic E-state index is 4.39. The van der Waals surface area contributed by atoms with Gasteiger partial charge in [-0.05, 0) is 111 Å². The largest absolute Gasteiger partial charge is 2.00 e. The molecule has 0 aromatic heterocycles. The molecule has 0 heterocycles. The topological polar surface area (TPSA) is 0 Å². The molecule has 0 saturated carbocycles. The first-order chi connectivity index (χ1) is 16.0. The Morgan fingerprint density at radius 2 is 0.474 bits per heavy atom. The summed E-state index contributed by atoms with van der Waals surface area (Å²) < 4.78 is 0. The molecule has 0 aliphatic rings. The van der Waals surface area contributed by atoms with Gasteiger partial charge in [0.05, 0.1) is 69.9 Å². The zero-order valence-corrected chi connectivity index (χ0v) is 36.3. The Bertz CT molecular complexity index is 352. The van der Waals surface area contributed by atoms with Crippen molar-refractivity contribution in [1.29, 1.82) is 0 Å². The molecule has 38 heavy (non-hydrogen) atoms. The molecule has 0 atom stereocenters. The van der Waals surface area contributed by atoms with Crippen LogP contribution >= 0.6 is 31.7 Å². The molecule has 0 unspecified atom stereocenters. The van der Waals surface area contributed by atoms with Crippen molar-refractivity contribution < 1.29 is 33.0 Å². The monoisotopic (exact) mass is 738 g/mol. The van der Waals surface area contributed by atoms with Crippen molar-refractivity contribution in [1.82, 2.24) is 0 Å². The summed E-state index contributed by atoms with van der Waals surface area (Å²) in [4.78, 5) is 0. The first-order valence-electron chi connectivity index (χ1n) is 15.0. The zero-order chi connectivity index (χ0) is 28.5. The minimum Gasteiger partial charge on any atom is -0.813 e. The van der Waals surface area contributed by atoms with Gasteiger partial charge >= 0.3 is 16.5 Å². The molecule has 0 N–H and O–H groups in total. The Morgan fingerprint density at radius 3 is 0.526 bits per heavy atom. The standard InChI is InChI=1S/2C14H32P2.C2H6S.2Ni.H2S/c2*1-11(2)15(12(3)4)9-10-16(13(5)6)14(7)8;1-2-3;;;/h2*11-14H,9-10H2,1-8H3;3H,2H2,1H3;;;1H2/q;;;;+2;/p+2. The normalized spacial score (nSPS) is 11.5. The van der Waals surface area contributed by atoms with Crippen LogP contribution in [0, 0.1) is 0 Å². The third kappa shape index (κ3) is 28.2. The Kier molecular flexibility index (Phi) is 45.2. The van der Waals surface area contributed by atoms with E-state index in [9.17, 15) is 0 Å². The summed E-state index contributed by atoms with van der Waals surface area (Å²) in [7, 11) is -0.458. The number of hydrogen-bond acceptors (Lipinski definition) is 2. The van der Waals surface area contributed by atoms with Crippen LogP contribution in [-0.2, 0) is 59.1 Å². The van der Waals surface area contributed by atoms with Crippen LogP contribution in [0.3, 0.4) is 0 Å². The van der Waals surface area contributed by atoms with Crippen LogP contribution in [0.4, 0.5) is 0 Å². The summed E-state index contributed by atoms with van der Waals surface area (Å²) in [6, 6.07) is 0. The van der Waals surface area contributed by atoms with E-state index in [4.69, 9.17) is 0 Å². The predicted octanol–water partition coefficient (Wildman–Crippen LogP) is 10.4. The number of thiol groups is 1. The molecule has 0 rings (SSSR count). The van der Waals surface area contributed by atoms with Crippen molar-refractivity contribution in [2.24, 2.45) is 0 Å². The third-order valence-corrected chi connectivity index (χ3v) is 23.5. The van der Waals surface area contributed by atoms with Gasteiger partial charge in [0, 0.05) is 48.2 Å². The van der Waals surface area contributed by atoms with Crippen molar-refractivity contribution in [3.63, 3.8) is 0 Å². The summed E-state index contributed by atoms with van der Waals surface area (Å²) in [6.07, 6.45) is 6.24. The molecule has 242 valence electrons. The van der Waals surface area contributed by atoms with Gasteiger partial charge in [0.25, 0.3) is 0 Å². The quantitative estimate of drug-likeness (QED) is 0.0753. The van der Waals surface area contributed by atoms with E-state index in [2.05, 4.69) is 123 Å². The van der Waals surface area contributed by atoms with Crippen LogP contribution < -0.4 is 0 Å². The van der Waals surface area contributed by atoms with Crippen molar-refractivity contribution in [2.75, 3.05) is 30.4 Å². The third-order valence-electron chi connectivity index (χ3n) is 7.34. The molecular weight excluding hydrogens is 666 g/mol. The Balaban J connectivity index is -0.000000114. The maximum absolute atomic E-state index is 4.39. The van der Waals surface area contributed by atoms with E-state index >= 15 is 0 Å². The molecule has 0 amide bonds. The van der Waals surface area contributed by atoms with Crippen molar-refractivity contribution in [3.8, 4) is 0 Å². The van der Waals surface area contributed by atoms with Gasteiger partial charge in [0.1, 0.15) is 0 Å². The molecule has 0 bridgehead atoms. The molecule has 0 saturated heterocycles. The first kappa shape index (κ1) is 53.9. The number of rotatable bonds is 14. The summed E-state index contributed by atoms with van der Waals surface area (Å²) in [5.74, 6) is 0.833. The molecule has 0 aliphatic carbocycles. The van der Waals surface area contributed by atoms with Crippen LogP contribution in [0.15, 0.2) is 0 Å². The van der Waals surface area contributed by atoms with Crippen LogP contribution in [-0.4, -0.2) is 75.7 Å². The first-order valence-corrected chi connectivity index (χ1v) is 23.0. The molecule has 0 nitrogen and oxygen atoms in total. The smallest absolute Gasteiger partial charge is 0.813 e. The van der Waals surface area contributed by atoms with Crippen molar-refractivity contribution in [2.45, 2.75) is 163 Å². The fraction of sp³-hybridized carbons (Fsp3) is 1.00. The van der Waals surface area contributed by atoms with E-state index in [1.54, 1.807) is 24.6 Å². The van der Waals surface area contributed by atoms with Gasteiger partial charge in [-0.3, -0.25) is 0 Å². The maximum Gasteiger partial charge on any atom is 2.00 e. The van der Waals surface area contributed by atoms with E-state index in [0.717, 1.165) is 51.0 Å². The average Bonchev–Trinajstić information content (AvgIpc) is 2.67. The molecule has 0 aromatic carbocycles. The Morgan fingerprint density at radius 1 is 0.395 bits per heavy atom. The van der Waals surface area contributed by atoms with Gasteiger partial charge in [0.15, 0.2) is 0 Å². The molecule has 0 radical (unpaired) electrons. The van der Waals surface area contributed by atoms with Gasteiger partial charge in [-0.15, -0.1) is 0 Å². The molecule has 0 fully saturated rings. The summed E-state index contributed by atoms with van der Waals surface area (Å²) in [5.41, 5.74) is 7.61. The van der Waals surface area contributed by atoms with E-state index in [1.165, 1.54) is 0 Å². The van der Waals surface area contributed by atoms with Gasteiger partial charge < -0.3 is 26.1 Å². The fourth-order valence-electron chi connectivity index (χ4n) is 5.55. The summed E-state index contributed by atoms with van der Waals surface area (Å²) in [5, 5.41) is 0. The molecule has 0 aliphatic heterocycles. The van der Waals surface area contributed by atoms with Gasteiger partial charge in [-0.25, -0.2) is 0 Å². The predicted molar refractivity (Wildman–Crippen MR) is 200 cm³/mol. The van der Waals surface area contributed by atoms with Gasteiger partial charge in [0.2, 0.25) is 0 Å². The van der Waals surface area contributed by atoms with Gasteiger partial charge in [-0.2, -0.15) is 5.75 Å². The van der Waals surface area contributed by atoms with E-state index in [1.807, 2.05) is 6.92 Å². The second-order valence-corrected chi connectivity index (χ2v) is 29.2. The molecular formula is C30H74Ni2P4S2+4. The summed E-state index contributed by atoms with van der Waals surface area (Å²) in [6.45, 7) is 40.9. The van der Waals surface area contributed by atoms with Crippen LogP contribution in [0.2, 0.25) is 0 Å². The number of hydrogen-bond donors (Lipinski definition) is 0. The molecule has 0 spiro atoms. The zero-order valence-electron chi connectivity index (χ0n) is 28.6. The SMILES string of the molecule is CC(C)[PH+](CC[PH+](C(C)C)C(C)C)C(C)C.CC(C)[PH+](CC[PH+](C(C)C)C(C)C)C(C)C.CC[S-].[Ni+2].[Ni].[SH-].